The molecule has 2 saturated heterocycles. The molecule has 0 spiro atoms. The number of hydrogen-bond acceptors (Lipinski definition) is 16. The van der Waals surface area contributed by atoms with E-state index in [1.54, 1.807) is 40.9 Å². The molecule has 2 heterocycles. The number of esters is 1. The molecule has 0 bridgehead atoms. The van der Waals surface area contributed by atoms with Gasteiger partial charge in [-0.15, -0.1) is 0 Å². The number of aliphatic hydroxyl groups excluding tert-OH is 4. The van der Waals surface area contributed by atoms with Crippen LogP contribution in [0.2, 0.25) is 0 Å². The first-order valence-electron chi connectivity index (χ1n) is 26.4. The van der Waals surface area contributed by atoms with Crippen molar-refractivity contribution in [2.24, 2.45) is 40.9 Å². The number of piperidine rings is 1. The molecule has 0 radical (unpaired) electrons. The van der Waals surface area contributed by atoms with Gasteiger partial charge in [0.25, 0.3) is 11.7 Å². The van der Waals surface area contributed by atoms with Gasteiger partial charge < -0.3 is 59.2 Å². The predicted octanol–water partition coefficient (Wildman–Crippen LogP) is 5.24. The third-order valence-corrected chi connectivity index (χ3v) is 15.7. The number of Topliss-reactive ketones (excluding diaryl/α,β-unsaturated/α-hetero) is 3. The number of likely N-dealkylation sites (tertiary alicyclic amines) is 1. The molecule has 420 valence electrons. The maximum Gasteiger partial charge on any atom is 0.326 e. The van der Waals surface area contributed by atoms with Crippen LogP contribution in [-0.4, -0.2) is 166 Å². The molecule has 6 N–H and O–H groups in total. The average Bonchev–Trinajstić information content (AvgIpc) is 3.38. The van der Waals surface area contributed by atoms with Gasteiger partial charge in [-0.1, -0.05) is 71.1 Å². The highest BCUT2D eigenvalue weighted by Crippen LogP contribution is 2.38. The minimum absolute atomic E-state index is 0.0278. The van der Waals surface area contributed by atoms with Crippen LogP contribution in [0.5, 0.6) is 0 Å². The van der Waals surface area contributed by atoms with Crippen molar-refractivity contribution >= 4 is 35.2 Å². The Balaban J connectivity index is 1.50. The number of carbonyl (C=O) groups excluding carboxylic acids is 5. The topological polar surface area (TPSA) is 273 Å². The molecule has 0 unspecified atom stereocenters. The summed E-state index contributed by atoms with van der Waals surface area (Å²) in [6, 6.07) is -1.13. The molecule has 0 aromatic rings. The Hall–Kier alpha value is -3.98. The van der Waals surface area contributed by atoms with E-state index in [9.17, 15) is 59.4 Å². The number of carboxylic acid groups (broad SMARTS) is 1. The number of aliphatic hydroxyl groups is 5. The molecule has 3 aliphatic rings. The first-order chi connectivity index (χ1) is 34.8. The first kappa shape index (κ1) is 64.3. The summed E-state index contributed by atoms with van der Waals surface area (Å²) in [6.45, 7) is 12.9. The Bertz CT molecular complexity index is 1990. The van der Waals surface area contributed by atoms with Gasteiger partial charge in [0.05, 0.1) is 37.6 Å². The number of nitrogens with zero attached hydrogens (tertiary/aromatic N) is 1. The van der Waals surface area contributed by atoms with Gasteiger partial charge in [-0.2, -0.15) is 0 Å². The van der Waals surface area contributed by atoms with Gasteiger partial charge in [0, 0.05) is 58.5 Å². The summed E-state index contributed by atoms with van der Waals surface area (Å²) in [4.78, 5) is 79.2. The molecule has 74 heavy (non-hydrogen) atoms. The summed E-state index contributed by atoms with van der Waals surface area (Å²) >= 11 is 0. The number of ketones is 3. The van der Waals surface area contributed by atoms with E-state index in [4.69, 9.17) is 23.7 Å². The van der Waals surface area contributed by atoms with Crippen molar-refractivity contribution in [2.75, 3.05) is 41.1 Å². The molecule has 0 aromatic heterocycles. The molecule has 3 fully saturated rings. The summed E-state index contributed by atoms with van der Waals surface area (Å²) in [5.74, 6) is -8.94. The number of ether oxygens (including phenoxy) is 5. The average molecular weight is 1050 g/mol. The highest BCUT2D eigenvalue weighted by atomic mass is 16.6. The summed E-state index contributed by atoms with van der Waals surface area (Å²) in [5, 5.41) is 62.7. The summed E-state index contributed by atoms with van der Waals surface area (Å²) in [6.07, 6.45) is 11.0. The maximum absolute atomic E-state index is 13.6. The highest BCUT2D eigenvalue weighted by Gasteiger charge is 2.53. The van der Waals surface area contributed by atoms with Crippen LogP contribution in [0.3, 0.4) is 0 Å². The molecule has 1 aliphatic carbocycles. The van der Waals surface area contributed by atoms with Crippen LogP contribution in [0.15, 0.2) is 47.6 Å². The Morgan fingerprint density at radius 2 is 1.53 bits per heavy atom. The van der Waals surface area contributed by atoms with Gasteiger partial charge in [0.1, 0.15) is 35.6 Å². The van der Waals surface area contributed by atoms with E-state index in [0.29, 0.717) is 69.8 Å². The number of rotatable bonds is 29. The van der Waals surface area contributed by atoms with Crippen molar-refractivity contribution in [3.05, 3.63) is 47.6 Å². The van der Waals surface area contributed by atoms with Gasteiger partial charge in [0.15, 0.2) is 5.78 Å². The molecule has 18 heteroatoms. The summed E-state index contributed by atoms with van der Waals surface area (Å²) < 4.78 is 28.5. The van der Waals surface area contributed by atoms with E-state index in [1.165, 1.54) is 21.1 Å². The summed E-state index contributed by atoms with van der Waals surface area (Å²) in [7, 11) is 4.43. The molecule has 1 saturated carbocycles. The van der Waals surface area contributed by atoms with Gasteiger partial charge in [-0.05, 0) is 114 Å². The fourth-order valence-electron chi connectivity index (χ4n) is 10.3. The zero-order valence-electron chi connectivity index (χ0n) is 45.8. The molecule has 15 atom stereocenters. The van der Waals surface area contributed by atoms with Crippen molar-refractivity contribution < 1.29 is 83.1 Å². The smallest absolute Gasteiger partial charge is 0.326 e. The molecule has 0 aromatic carbocycles. The minimum atomic E-state index is -2.40. The van der Waals surface area contributed by atoms with Crippen molar-refractivity contribution in [1.82, 2.24) is 4.90 Å². The number of hydrogen-bond donors (Lipinski definition) is 6. The zero-order valence-corrected chi connectivity index (χ0v) is 45.8. The minimum Gasteiger partial charge on any atom is -0.480 e. The largest absolute Gasteiger partial charge is 0.480 e. The van der Waals surface area contributed by atoms with E-state index in [0.717, 1.165) is 10.5 Å². The van der Waals surface area contributed by atoms with E-state index < -0.39 is 115 Å². The number of methoxy groups -OCH3 is 3. The maximum atomic E-state index is 13.6. The van der Waals surface area contributed by atoms with E-state index >= 15 is 0 Å². The van der Waals surface area contributed by atoms with Crippen LogP contribution in [0.1, 0.15) is 132 Å². The molecular formula is C56H89NO17. The second-order valence-electron chi connectivity index (χ2n) is 21.8. The fourth-order valence-corrected chi connectivity index (χ4v) is 10.3. The summed E-state index contributed by atoms with van der Waals surface area (Å²) in [5.41, 5.74) is -0.176. The van der Waals surface area contributed by atoms with Gasteiger partial charge >= 0.3 is 11.9 Å². The molecule has 18 nitrogen and oxygen atoms in total. The number of amides is 1. The normalized spacial score (nSPS) is 27.7. The van der Waals surface area contributed by atoms with Crippen LogP contribution in [-0.2, 0) is 52.5 Å². The lowest BCUT2D eigenvalue weighted by molar-refractivity contribution is -0.265. The zero-order chi connectivity index (χ0) is 55.7. The van der Waals surface area contributed by atoms with E-state index in [1.807, 2.05) is 51.2 Å². The first-order valence-corrected chi connectivity index (χ1v) is 26.4. The Morgan fingerprint density at radius 3 is 2.14 bits per heavy atom. The monoisotopic (exact) mass is 1050 g/mol. The molecule has 1 amide bonds. The molecule has 2 aliphatic heterocycles. The molecule has 3 rings (SSSR count). The second kappa shape index (κ2) is 30.1. The van der Waals surface area contributed by atoms with E-state index in [2.05, 4.69) is 0 Å². The van der Waals surface area contributed by atoms with Crippen LogP contribution in [0.25, 0.3) is 0 Å². The standard InChI is InChI=1S/C56H89NO17/c1-33(17-13-12-14-18-34(2)46(70-9)29-41-22-20-39(7)56(69,74-41)51(64)52(65)57-24-16-15-19-42(57)53(66)67)25-37(5)48(62)50(72-11)49(63)38(6)26-35(3)43(60)30-44(61)36(4)27-40-21-23-45(47(28-40)71-10)73-54(68)55(8,31-58)32-59/h12-14,17-18,26,33,35-37,39-42,44-47,49-50,58-59,61,63,69H,15-16,19-25,27-32H2,1-11H3,(H,66,67)/b14-12+,17-13+,34-18+,38-26+/t33-,35-,36-,37-,39-,40+,41+,42+,44+,45-,46+,47-,49-,50+,56-/m1/s1. The fraction of sp³-hybridized carbons (Fsp3) is 0.750. The lowest BCUT2D eigenvalue weighted by Gasteiger charge is -2.42. The number of carbonyl (C=O) groups is 6. The third kappa shape index (κ3) is 17.5. The van der Waals surface area contributed by atoms with E-state index in [-0.39, 0.29) is 48.7 Å². The van der Waals surface area contributed by atoms with Crippen molar-refractivity contribution in [3.8, 4) is 0 Å². The lowest BCUT2D eigenvalue weighted by Crippen LogP contribution is -2.60. The highest BCUT2D eigenvalue weighted by molar-refractivity contribution is 6.39. The SMILES string of the molecule is CO[C@@H](C[C@@H]1CC[C@@H](C)[C@](O)(C(=O)C(=O)N2CCCC[C@H]2C(=O)O)O1)/C(C)=C/C=C/C=C/[C@@H](C)C[C@@H](C)C(=O)[C@H](OC)[C@H](O)/C(C)=C/[C@@H](C)C(=O)C[C@H](O)[C@H](C)C[C@@H]1CC[C@@H](OC(=O)C(C)(CO)CO)[C@H](OC)C1. The Morgan fingerprint density at radius 1 is 0.851 bits per heavy atom. The third-order valence-electron chi connectivity index (χ3n) is 15.7. The van der Waals surface area contributed by atoms with Gasteiger partial charge in [0.2, 0.25) is 5.79 Å². The van der Waals surface area contributed by atoms with Gasteiger partial charge in [-0.25, -0.2) is 4.79 Å². The number of allylic oxidation sites excluding steroid dienone is 6. The number of carboxylic acids is 1. The van der Waals surface area contributed by atoms with Crippen molar-refractivity contribution in [1.29, 1.82) is 0 Å². The van der Waals surface area contributed by atoms with Crippen LogP contribution < -0.4 is 0 Å². The van der Waals surface area contributed by atoms with Crippen LogP contribution in [0, 0.1) is 40.9 Å². The van der Waals surface area contributed by atoms with Crippen LogP contribution >= 0.6 is 0 Å². The second-order valence-corrected chi connectivity index (χ2v) is 21.8. The quantitative estimate of drug-likeness (QED) is 0.0242. The van der Waals surface area contributed by atoms with Crippen molar-refractivity contribution in [3.63, 3.8) is 0 Å². The number of aliphatic carboxylic acids is 1. The van der Waals surface area contributed by atoms with Crippen LogP contribution in [0.4, 0.5) is 0 Å². The lowest BCUT2D eigenvalue weighted by atomic mass is 9.78. The molecular weight excluding hydrogens is 959 g/mol. The predicted molar refractivity (Wildman–Crippen MR) is 275 cm³/mol. The Labute approximate surface area is 438 Å². The Kier molecular flexibility index (Phi) is 26.1. The van der Waals surface area contributed by atoms with Crippen molar-refractivity contribution in [2.45, 2.75) is 187 Å². The van der Waals surface area contributed by atoms with Gasteiger partial charge in [-0.3, -0.25) is 24.0 Å².